The number of hydrogen-bond donors (Lipinski definition) is 0. The van der Waals surface area contributed by atoms with Crippen LogP contribution in [-0.2, 0) is 21.3 Å². The van der Waals surface area contributed by atoms with Crippen molar-refractivity contribution in [3.63, 3.8) is 0 Å². The number of hydrogen-bond acceptors (Lipinski definition) is 9. The number of thiophene rings is 1. The lowest BCUT2D eigenvalue weighted by molar-refractivity contribution is 0.101. The Labute approximate surface area is 209 Å². The molecule has 2 aromatic heterocycles. The first-order chi connectivity index (χ1) is 16.8. The summed E-state index contributed by atoms with van der Waals surface area (Å²) < 4.78 is 30.7. The van der Waals surface area contributed by atoms with Crippen molar-refractivity contribution >= 4 is 43.2 Å². The molecule has 0 radical (unpaired) electrons. The van der Waals surface area contributed by atoms with Crippen LogP contribution in [-0.4, -0.2) is 92.1 Å². The fourth-order valence-corrected chi connectivity index (χ4v) is 6.39. The predicted octanol–water partition coefficient (Wildman–Crippen LogP) is 2.47. The number of anilines is 1. The van der Waals surface area contributed by atoms with Crippen LogP contribution in [0.3, 0.4) is 0 Å². The molecule has 2 aliphatic rings. The van der Waals surface area contributed by atoms with Crippen LogP contribution in [0.5, 0.6) is 0 Å². The number of morpholine rings is 1. The molecule has 0 N–H and O–H groups in total. The molecular weight excluding hydrogens is 486 g/mol. The average molecular weight is 516 g/mol. The molecule has 0 unspecified atom stereocenters. The van der Waals surface area contributed by atoms with Crippen LogP contribution in [0.4, 0.5) is 5.82 Å². The van der Waals surface area contributed by atoms with Crippen LogP contribution < -0.4 is 4.90 Å². The van der Waals surface area contributed by atoms with Crippen molar-refractivity contribution in [2.75, 3.05) is 63.6 Å². The number of carbonyl (C=O) groups is 1. The summed E-state index contributed by atoms with van der Waals surface area (Å²) in [6.07, 6.45) is 1.27. The molecule has 0 saturated carbocycles. The molecule has 2 aliphatic heterocycles. The van der Waals surface area contributed by atoms with Gasteiger partial charge in [0.2, 0.25) is 10.0 Å². The topological polar surface area (TPSA) is 95.9 Å². The maximum Gasteiger partial charge on any atom is 0.211 e. The van der Waals surface area contributed by atoms with Gasteiger partial charge in [0.1, 0.15) is 10.6 Å². The van der Waals surface area contributed by atoms with Crippen molar-refractivity contribution in [1.29, 1.82) is 0 Å². The Morgan fingerprint density at radius 1 is 1.06 bits per heavy atom. The number of piperazine rings is 1. The normalized spacial score (nSPS) is 18.3. The van der Waals surface area contributed by atoms with Gasteiger partial charge >= 0.3 is 0 Å². The third-order valence-corrected chi connectivity index (χ3v) is 8.76. The van der Waals surface area contributed by atoms with Crippen molar-refractivity contribution in [2.45, 2.75) is 13.5 Å². The Hall–Kier alpha value is -2.44. The van der Waals surface area contributed by atoms with E-state index in [0.717, 1.165) is 41.2 Å². The molecule has 186 valence electrons. The molecule has 9 nitrogen and oxygen atoms in total. The van der Waals surface area contributed by atoms with E-state index in [1.165, 1.54) is 15.4 Å². The van der Waals surface area contributed by atoms with Crippen LogP contribution in [0.2, 0.25) is 0 Å². The SMILES string of the molecule is CC(=O)c1cccc(-c2nc(N3CCOCC3)c3cc(CN4CCN(S(C)(=O)=O)CC4)sc3n2)c1. The van der Waals surface area contributed by atoms with Crippen molar-refractivity contribution in [3.8, 4) is 11.4 Å². The maximum absolute atomic E-state index is 11.9. The molecule has 0 atom stereocenters. The fraction of sp³-hybridized carbons (Fsp3) is 0.458. The van der Waals surface area contributed by atoms with E-state index >= 15 is 0 Å². The first-order valence-electron chi connectivity index (χ1n) is 11.7. The highest BCUT2D eigenvalue weighted by molar-refractivity contribution is 7.88. The molecule has 0 amide bonds. The molecule has 11 heteroatoms. The van der Waals surface area contributed by atoms with Gasteiger partial charge in [0.05, 0.1) is 24.9 Å². The van der Waals surface area contributed by atoms with E-state index in [9.17, 15) is 13.2 Å². The van der Waals surface area contributed by atoms with Crippen LogP contribution >= 0.6 is 11.3 Å². The minimum Gasteiger partial charge on any atom is -0.378 e. The van der Waals surface area contributed by atoms with E-state index in [4.69, 9.17) is 14.7 Å². The van der Waals surface area contributed by atoms with Crippen LogP contribution in [0.15, 0.2) is 30.3 Å². The number of ether oxygens (including phenoxy) is 1. The zero-order valence-electron chi connectivity index (χ0n) is 19.9. The highest BCUT2D eigenvalue weighted by Gasteiger charge is 2.25. The van der Waals surface area contributed by atoms with E-state index in [0.29, 0.717) is 50.8 Å². The summed E-state index contributed by atoms with van der Waals surface area (Å²) in [5.41, 5.74) is 1.46. The zero-order chi connectivity index (χ0) is 24.6. The molecule has 0 spiro atoms. The Kier molecular flexibility index (Phi) is 6.86. The second kappa shape index (κ2) is 9.90. The number of Topliss-reactive ketones (excluding diaryl/α,β-unsaturated/α-hetero) is 1. The van der Waals surface area contributed by atoms with Gasteiger partial charge in [-0.05, 0) is 19.1 Å². The molecule has 3 aromatic rings. The Bertz CT molecular complexity index is 1340. The van der Waals surface area contributed by atoms with E-state index in [1.807, 2.05) is 18.2 Å². The molecule has 4 heterocycles. The lowest BCUT2D eigenvalue weighted by Gasteiger charge is -2.32. The number of nitrogens with zero attached hydrogens (tertiary/aromatic N) is 5. The summed E-state index contributed by atoms with van der Waals surface area (Å²) in [6, 6.07) is 9.63. The number of sulfonamides is 1. The number of fused-ring (bicyclic) bond motifs is 1. The minimum atomic E-state index is -3.15. The van der Waals surface area contributed by atoms with Crippen molar-refractivity contribution in [1.82, 2.24) is 19.2 Å². The van der Waals surface area contributed by atoms with Crippen LogP contribution in [0.25, 0.3) is 21.6 Å². The van der Waals surface area contributed by atoms with Gasteiger partial charge in [-0.2, -0.15) is 4.31 Å². The summed E-state index contributed by atoms with van der Waals surface area (Å²) in [5.74, 6) is 1.51. The number of rotatable bonds is 6. The highest BCUT2D eigenvalue weighted by Crippen LogP contribution is 2.34. The average Bonchev–Trinajstić information content (AvgIpc) is 3.26. The summed E-state index contributed by atoms with van der Waals surface area (Å²) >= 11 is 1.65. The largest absolute Gasteiger partial charge is 0.378 e. The molecule has 2 fully saturated rings. The van der Waals surface area contributed by atoms with Crippen molar-refractivity contribution < 1.29 is 17.9 Å². The third-order valence-electron chi connectivity index (χ3n) is 6.44. The standard InChI is InChI=1S/C24H29N5O4S2/c1-17(30)18-4-3-5-19(14-18)22-25-23(28-10-12-33-13-11-28)21-15-20(34-24(21)26-22)16-27-6-8-29(9-7-27)35(2,31)32/h3-5,14-15H,6-13,16H2,1-2H3. The van der Waals surface area contributed by atoms with Gasteiger partial charge in [-0.1, -0.05) is 18.2 Å². The smallest absolute Gasteiger partial charge is 0.211 e. The van der Waals surface area contributed by atoms with Gasteiger partial charge in [-0.25, -0.2) is 18.4 Å². The predicted molar refractivity (Wildman–Crippen MR) is 138 cm³/mol. The van der Waals surface area contributed by atoms with Gasteiger partial charge in [-0.15, -0.1) is 11.3 Å². The first-order valence-corrected chi connectivity index (χ1v) is 14.4. The van der Waals surface area contributed by atoms with E-state index in [-0.39, 0.29) is 5.78 Å². The fourth-order valence-electron chi connectivity index (χ4n) is 4.50. The second-order valence-corrected chi connectivity index (χ2v) is 12.1. The summed E-state index contributed by atoms with van der Waals surface area (Å²) in [5, 5.41) is 1.02. The number of benzene rings is 1. The van der Waals surface area contributed by atoms with Gasteiger partial charge in [0, 0.05) is 61.8 Å². The Morgan fingerprint density at radius 2 is 1.80 bits per heavy atom. The molecule has 0 bridgehead atoms. The summed E-state index contributed by atoms with van der Waals surface area (Å²) in [7, 11) is -3.15. The van der Waals surface area contributed by atoms with Gasteiger partial charge in [-0.3, -0.25) is 9.69 Å². The maximum atomic E-state index is 11.9. The van der Waals surface area contributed by atoms with Crippen LogP contribution in [0.1, 0.15) is 22.2 Å². The van der Waals surface area contributed by atoms with Gasteiger partial charge < -0.3 is 9.64 Å². The second-order valence-electron chi connectivity index (χ2n) is 8.98. The summed E-state index contributed by atoms with van der Waals surface area (Å²) in [4.78, 5) is 28.4. The first kappa shape index (κ1) is 24.3. The number of carbonyl (C=O) groups excluding carboxylic acids is 1. The highest BCUT2D eigenvalue weighted by atomic mass is 32.2. The molecular formula is C24H29N5O4S2. The molecule has 1 aromatic carbocycles. The van der Waals surface area contributed by atoms with E-state index < -0.39 is 10.0 Å². The summed E-state index contributed by atoms with van der Waals surface area (Å²) in [6.45, 7) is 7.57. The third kappa shape index (κ3) is 5.39. The molecule has 0 aliphatic carbocycles. The zero-order valence-corrected chi connectivity index (χ0v) is 21.6. The Morgan fingerprint density at radius 3 is 2.49 bits per heavy atom. The number of aromatic nitrogens is 2. The van der Waals surface area contributed by atoms with Crippen molar-refractivity contribution in [2.24, 2.45) is 0 Å². The molecule has 2 saturated heterocycles. The number of ketones is 1. The molecule has 5 rings (SSSR count). The van der Waals surface area contributed by atoms with E-state index in [2.05, 4.69) is 15.9 Å². The van der Waals surface area contributed by atoms with Gasteiger partial charge in [0.25, 0.3) is 0 Å². The van der Waals surface area contributed by atoms with E-state index in [1.54, 1.807) is 24.3 Å². The lowest BCUT2D eigenvalue weighted by atomic mass is 10.1. The monoisotopic (exact) mass is 515 g/mol. The van der Waals surface area contributed by atoms with Gasteiger partial charge in [0.15, 0.2) is 11.6 Å². The molecule has 35 heavy (non-hydrogen) atoms. The van der Waals surface area contributed by atoms with Crippen molar-refractivity contribution in [3.05, 3.63) is 40.8 Å². The van der Waals surface area contributed by atoms with Crippen LogP contribution in [0, 0.1) is 0 Å². The Balaban J connectivity index is 1.47. The quantitative estimate of drug-likeness (QED) is 0.462. The lowest BCUT2D eigenvalue weighted by Crippen LogP contribution is -2.47. The minimum absolute atomic E-state index is 0.00992.